The number of ether oxygens (including phenoxy) is 1. The van der Waals surface area contributed by atoms with Crippen LogP contribution in [0.4, 0.5) is 5.69 Å². The van der Waals surface area contributed by atoms with Gasteiger partial charge in [0.25, 0.3) is 0 Å². The van der Waals surface area contributed by atoms with E-state index in [-0.39, 0.29) is 22.4 Å². The van der Waals surface area contributed by atoms with Gasteiger partial charge in [-0.2, -0.15) is 9.57 Å². The highest BCUT2D eigenvalue weighted by Crippen LogP contribution is 2.30. The number of hydrogen-bond donors (Lipinski definition) is 1. The van der Waals surface area contributed by atoms with Crippen molar-refractivity contribution in [3.8, 4) is 11.8 Å². The molecule has 1 amide bonds. The highest BCUT2D eigenvalue weighted by molar-refractivity contribution is 7.89. The molecule has 3 rings (SSSR count). The van der Waals surface area contributed by atoms with Gasteiger partial charge in [-0.1, -0.05) is 23.7 Å². The first-order valence-electron chi connectivity index (χ1n) is 9.45. The summed E-state index contributed by atoms with van der Waals surface area (Å²) in [6.45, 7) is 0.447. The molecule has 0 radical (unpaired) electrons. The highest BCUT2D eigenvalue weighted by atomic mass is 35.5. The summed E-state index contributed by atoms with van der Waals surface area (Å²) in [5, 5.41) is 11.8. The molecular formula is C21H22ClN3O4S. The van der Waals surface area contributed by atoms with E-state index in [9.17, 15) is 13.2 Å². The number of anilines is 1. The van der Waals surface area contributed by atoms with Crippen molar-refractivity contribution in [2.75, 3.05) is 25.5 Å². The van der Waals surface area contributed by atoms with Gasteiger partial charge in [0.2, 0.25) is 15.9 Å². The average Bonchev–Trinajstić information content (AvgIpc) is 2.75. The molecule has 1 heterocycles. The number of nitrogens with one attached hydrogen (secondary N) is 1. The minimum Gasteiger partial charge on any atom is -0.495 e. The van der Waals surface area contributed by atoms with Crippen LogP contribution in [0.25, 0.3) is 0 Å². The van der Waals surface area contributed by atoms with Crippen molar-refractivity contribution in [3.05, 3.63) is 53.1 Å². The molecule has 1 fully saturated rings. The van der Waals surface area contributed by atoms with E-state index in [1.165, 1.54) is 29.6 Å². The maximum atomic E-state index is 13.0. The fourth-order valence-electron chi connectivity index (χ4n) is 3.37. The molecule has 2 aromatic rings. The largest absolute Gasteiger partial charge is 0.495 e. The number of nitriles is 1. The Balaban J connectivity index is 1.70. The smallest absolute Gasteiger partial charge is 0.243 e. The van der Waals surface area contributed by atoms with Crippen molar-refractivity contribution >= 4 is 33.2 Å². The van der Waals surface area contributed by atoms with Crippen LogP contribution in [0.15, 0.2) is 47.4 Å². The molecule has 9 heteroatoms. The molecule has 1 aliphatic heterocycles. The Hall–Kier alpha value is -2.60. The number of benzene rings is 2. The maximum absolute atomic E-state index is 13.0. The van der Waals surface area contributed by atoms with Crippen LogP contribution in [0.3, 0.4) is 0 Å². The molecule has 1 saturated heterocycles. The maximum Gasteiger partial charge on any atom is 0.243 e. The SMILES string of the molecule is COc1ccc(S(=O)(=O)N2CCCC(C(=O)Nc3ccc(CC#N)cc3)C2)cc1Cl. The van der Waals surface area contributed by atoms with E-state index in [1.807, 2.05) is 0 Å². The number of piperidine rings is 1. The van der Waals surface area contributed by atoms with Crippen LogP contribution < -0.4 is 10.1 Å². The number of amides is 1. The van der Waals surface area contributed by atoms with E-state index in [1.54, 1.807) is 24.3 Å². The van der Waals surface area contributed by atoms with Crippen molar-refractivity contribution in [2.45, 2.75) is 24.2 Å². The molecule has 0 saturated carbocycles. The van der Waals surface area contributed by atoms with Gasteiger partial charge in [0.1, 0.15) is 5.75 Å². The number of carbonyl (C=O) groups is 1. The van der Waals surface area contributed by atoms with Crippen LogP contribution in [-0.2, 0) is 21.2 Å². The molecule has 1 aliphatic rings. The molecule has 30 heavy (non-hydrogen) atoms. The van der Waals surface area contributed by atoms with Crippen molar-refractivity contribution in [2.24, 2.45) is 5.92 Å². The van der Waals surface area contributed by atoms with Gasteiger partial charge in [0.15, 0.2) is 0 Å². The summed E-state index contributed by atoms with van der Waals surface area (Å²) in [7, 11) is -2.32. The second-order valence-corrected chi connectivity index (χ2v) is 9.36. The van der Waals surface area contributed by atoms with Crippen molar-refractivity contribution in [1.82, 2.24) is 4.31 Å². The summed E-state index contributed by atoms with van der Waals surface area (Å²) in [6, 6.07) is 13.4. The fraction of sp³-hybridized carbons (Fsp3) is 0.333. The molecule has 1 N–H and O–H groups in total. The average molecular weight is 448 g/mol. The minimum absolute atomic E-state index is 0.0717. The highest BCUT2D eigenvalue weighted by Gasteiger charge is 2.33. The predicted molar refractivity (Wildman–Crippen MR) is 114 cm³/mol. The molecule has 2 aromatic carbocycles. The van der Waals surface area contributed by atoms with Gasteiger partial charge in [0, 0.05) is 18.8 Å². The molecule has 0 aromatic heterocycles. The fourth-order valence-corrected chi connectivity index (χ4v) is 5.25. The third-order valence-electron chi connectivity index (χ3n) is 5.02. The lowest BCUT2D eigenvalue weighted by molar-refractivity contribution is -0.120. The third kappa shape index (κ3) is 4.93. The molecule has 0 spiro atoms. The number of nitrogens with zero attached hydrogens (tertiary/aromatic N) is 2. The summed E-state index contributed by atoms with van der Waals surface area (Å²) in [4.78, 5) is 12.8. The minimum atomic E-state index is -3.78. The Kier molecular flexibility index (Phi) is 6.98. The summed E-state index contributed by atoms with van der Waals surface area (Å²) >= 11 is 6.08. The van der Waals surface area contributed by atoms with Crippen LogP contribution in [0, 0.1) is 17.2 Å². The standard InChI is InChI=1S/C21H22ClN3O4S/c1-29-20-9-8-18(13-19(20)22)30(27,28)25-12-2-3-16(14-25)21(26)24-17-6-4-15(5-7-17)10-11-23/h4-9,13,16H,2-3,10,12,14H2,1H3,(H,24,26). The topological polar surface area (TPSA) is 99.5 Å². The zero-order valence-corrected chi connectivity index (χ0v) is 18.0. The number of rotatable bonds is 6. The van der Waals surface area contributed by atoms with Crippen molar-refractivity contribution < 1.29 is 17.9 Å². The number of sulfonamides is 1. The monoisotopic (exact) mass is 447 g/mol. The van der Waals surface area contributed by atoms with E-state index in [2.05, 4.69) is 11.4 Å². The van der Waals surface area contributed by atoms with Gasteiger partial charge in [-0.05, 0) is 48.7 Å². The summed E-state index contributed by atoms with van der Waals surface area (Å²) in [6.07, 6.45) is 1.50. The number of hydrogen-bond acceptors (Lipinski definition) is 5. The first-order valence-corrected chi connectivity index (χ1v) is 11.3. The third-order valence-corrected chi connectivity index (χ3v) is 7.18. The lowest BCUT2D eigenvalue weighted by Gasteiger charge is -2.31. The predicted octanol–water partition coefficient (Wildman–Crippen LogP) is 3.45. The van der Waals surface area contributed by atoms with Crippen molar-refractivity contribution in [3.63, 3.8) is 0 Å². The lowest BCUT2D eigenvalue weighted by Crippen LogP contribution is -2.43. The van der Waals surface area contributed by atoms with Gasteiger partial charge in [-0.25, -0.2) is 8.42 Å². The molecule has 1 atom stereocenters. The number of carbonyl (C=O) groups excluding carboxylic acids is 1. The van der Waals surface area contributed by atoms with Gasteiger partial charge < -0.3 is 10.1 Å². The van der Waals surface area contributed by atoms with E-state index in [0.29, 0.717) is 37.2 Å². The molecular weight excluding hydrogens is 426 g/mol. The van der Waals surface area contributed by atoms with E-state index < -0.39 is 15.9 Å². The lowest BCUT2D eigenvalue weighted by atomic mass is 9.98. The van der Waals surface area contributed by atoms with Crippen LogP contribution in [0.5, 0.6) is 5.75 Å². The van der Waals surface area contributed by atoms with Gasteiger partial charge in [0.05, 0.1) is 35.4 Å². The van der Waals surface area contributed by atoms with Crippen LogP contribution in [0.1, 0.15) is 18.4 Å². The summed E-state index contributed by atoms with van der Waals surface area (Å²) in [5.74, 6) is -0.288. The van der Waals surface area contributed by atoms with E-state index in [4.69, 9.17) is 21.6 Å². The zero-order valence-electron chi connectivity index (χ0n) is 16.5. The van der Waals surface area contributed by atoms with Gasteiger partial charge in [-0.15, -0.1) is 0 Å². The molecule has 158 valence electrons. The number of halogens is 1. The Morgan fingerprint density at radius 1 is 1.30 bits per heavy atom. The van der Waals surface area contributed by atoms with Crippen molar-refractivity contribution in [1.29, 1.82) is 5.26 Å². The Morgan fingerprint density at radius 3 is 2.67 bits per heavy atom. The van der Waals surface area contributed by atoms with E-state index in [0.717, 1.165) is 5.56 Å². The quantitative estimate of drug-likeness (QED) is 0.731. The normalized spacial score (nSPS) is 17.2. The Bertz CT molecular complexity index is 1060. The second-order valence-electron chi connectivity index (χ2n) is 7.02. The van der Waals surface area contributed by atoms with Gasteiger partial charge >= 0.3 is 0 Å². The van der Waals surface area contributed by atoms with E-state index >= 15 is 0 Å². The zero-order chi connectivity index (χ0) is 21.7. The molecule has 0 aliphatic carbocycles. The number of methoxy groups -OCH3 is 1. The van der Waals surface area contributed by atoms with Crippen LogP contribution >= 0.6 is 11.6 Å². The Labute approximate surface area is 181 Å². The first-order chi connectivity index (χ1) is 14.3. The second kappa shape index (κ2) is 9.47. The first kappa shape index (κ1) is 22.1. The van der Waals surface area contributed by atoms with Crippen LogP contribution in [0.2, 0.25) is 5.02 Å². The summed E-state index contributed by atoms with van der Waals surface area (Å²) < 4.78 is 32.5. The summed E-state index contributed by atoms with van der Waals surface area (Å²) in [5.41, 5.74) is 1.48. The molecule has 7 nitrogen and oxygen atoms in total. The van der Waals surface area contributed by atoms with Gasteiger partial charge in [-0.3, -0.25) is 4.79 Å². The molecule has 1 unspecified atom stereocenters. The molecule has 0 bridgehead atoms. The Morgan fingerprint density at radius 2 is 2.03 bits per heavy atom. The van der Waals surface area contributed by atoms with Crippen LogP contribution in [-0.4, -0.2) is 38.8 Å².